The molecule has 0 radical (unpaired) electrons. The van der Waals surface area contributed by atoms with Crippen LogP contribution in [0.4, 0.5) is 0 Å². The lowest BCUT2D eigenvalue weighted by atomic mass is 9.97. The number of hydrogen-bond acceptors (Lipinski definition) is 3. The highest BCUT2D eigenvalue weighted by molar-refractivity contribution is 5.82. The smallest absolute Gasteiger partial charge is 0.191 e. The third-order valence-corrected chi connectivity index (χ3v) is 5.06. The number of piperidine rings is 1. The summed E-state index contributed by atoms with van der Waals surface area (Å²) in [6.45, 7) is 8.99. The van der Waals surface area contributed by atoms with Crippen molar-refractivity contribution in [1.29, 1.82) is 0 Å². The van der Waals surface area contributed by atoms with E-state index in [1.165, 1.54) is 36.9 Å². The number of hydrogen-bond donors (Lipinski definition) is 2. The molecule has 1 aromatic carbocycles. The number of likely N-dealkylation sites (tertiary alicyclic amines) is 1. The van der Waals surface area contributed by atoms with Crippen LogP contribution in [-0.2, 0) is 6.54 Å². The molecule has 0 saturated carbocycles. The van der Waals surface area contributed by atoms with E-state index in [4.69, 9.17) is 9.41 Å². The van der Waals surface area contributed by atoms with Crippen molar-refractivity contribution < 1.29 is 4.42 Å². The first-order valence-electron chi connectivity index (χ1n) is 9.35. The lowest BCUT2D eigenvalue weighted by molar-refractivity contribution is 0.220. The first-order valence-corrected chi connectivity index (χ1v) is 9.35. The molecule has 1 saturated heterocycles. The predicted molar refractivity (Wildman–Crippen MR) is 104 cm³/mol. The Bertz CT molecular complexity index is 714. The number of para-hydroxylation sites is 1. The van der Waals surface area contributed by atoms with Crippen LogP contribution in [-0.4, -0.2) is 44.1 Å². The molecule has 0 amide bonds. The zero-order valence-electron chi connectivity index (χ0n) is 15.6. The van der Waals surface area contributed by atoms with Crippen molar-refractivity contribution in [3.8, 4) is 0 Å². The molecular formula is C20H30N4O. The number of nitrogens with one attached hydrogen (secondary N) is 2. The van der Waals surface area contributed by atoms with E-state index < -0.39 is 0 Å². The molecule has 1 aliphatic rings. The minimum absolute atomic E-state index is 0.559. The fraction of sp³-hybridized carbons (Fsp3) is 0.550. The second-order valence-corrected chi connectivity index (χ2v) is 6.97. The Labute approximate surface area is 150 Å². The molecule has 1 aromatic heterocycles. The Morgan fingerprint density at radius 1 is 1.24 bits per heavy atom. The highest BCUT2D eigenvalue weighted by atomic mass is 16.3. The van der Waals surface area contributed by atoms with E-state index in [-0.39, 0.29) is 0 Å². The van der Waals surface area contributed by atoms with Crippen molar-refractivity contribution in [2.24, 2.45) is 10.9 Å². The first kappa shape index (κ1) is 17.8. The molecule has 0 spiro atoms. The molecule has 25 heavy (non-hydrogen) atoms. The second kappa shape index (κ2) is 8.39. The summed E-state index contributed by atoms with van der Waals surface area (Å²) in [6, 6.07) is 8.17. The van der Waals surface area contributed by atoms with Gasteiger partial charge in [0.1, 0.15) is 17.9 Å². The van der Waals surface area contributed by atoms with E-state index in [0.717, 1.165) is 36.3 Å². The average molecular weight is 342 g/mol. The van der Waals surface area contributed by atoms with Crippen molar-refractivity contribution in [2.75, 3.05) is 33.2 Å². The van der Waals surface area contributed by atoms with E-state index in [0.29, 0.717) is 6.54 Å². The summed E-state index contributed by atoms with van der Waals surface area (Å²) >= 11 is 0. The van der Waals surface area contributed by atoms with Crippen molar-refractivity contribution in [3.05, 3.63) is 35.6 Å². The van der Waals surface area contributed by atoms with Gasteiger partial charge in [0.15, 0.2) is 5.96 Å². The van der Waals surface area contributed by atoms with Crippen LogP contribution in [0.15, 0.2) is 33.7 Å². The molecule has 2 N–H and O–H groups in total. The number of fused-ring (bicyclic) bond motifs is 1. The Balaban J connectivity index is 1.62. The molecule has 2 heterocycles. The molecule has 0 atom stereocenters. The maximum Gasteiger partial charge on any atom is 0.191 e. The van der Waals surface area contributed by atoms with Gasteiger partial charge < -0.3 is 20.0 Å². The lowest BCUT2D eigenvalue weighted by Crippen LogP contribution is -2.42. The van der Waals surface area contributed by atoms with Crippen LogP contribution in [0, 0.1) is 12.8 Å². The summed E-state index contributed by atoms with van der Waals surface area (Å²) in [6.07, 6.45) is 2.51. The number of benzene rings is 1. The van der Waals surface area contributed by atoms with E-state index >= 15 is 0 Å². The monoisotopic (exact) mass is 342 g/mol. The number of nitrogens with zero attached hydrogens (tertiary/aromatic N) is 2. The Morgan fingerprint density at radius 3 is 2.72 bits per heavy atom. The number of furan rings is 1. The van der Waals surface area contributed by atoms with Gasteiger partial charge in [0.25, 0.3) is 0 Å². The standard InChI is InChI=1S/C20H30N4O/c1-4-21-20(22-13-16-9-11-24(3)12-10-16)23-14-19-15(2)17-7-5-6-8-18(17)25-19/h5-8,16H,4,9-14H2,1-3H3,(H2,21,22,23). The summed E-state index contributed by atoms with van der Waals surface area (Å²) in [5.74, 6) is 2.55. The molecule has 3 rings (SSSR count). The highest BCUT2D eigenvalue weighted by Gasteiger charge is 2.17. The predicted octanol–water partition coefficient (Wildman–Crippen LogP) is 3.14. The van der Waals surface area contributed by atoms with Crippen molar-refractivity contribution in [2.45, 2.75) is 33.2 Å². The van der Waals surface area contributed by atoms with Gasteiger partial charge in [0, 0.05) is 24.0 Å². The number of aryl methyl sites for hydroxylation is 1. The van der Waals surface area contributed by atoms with Crippen molar-refractivity contribution in [1.82, 2.24) is 15.5 Å². The quantitative estimate of drug-likeness (QED) is 0.647. The molecule has 0 bridgehead atoms. The Hall–Kier alpha value is -2.01. The molecule has 5 heteroatoms. The third kappa shape index (κ3) is 4.54. The molecule has 0 aliphatic carbocycles. The molecular weight excluding hydrogens is 312 g/mol. The van der Waals surface area contributed by atoms with Crippen LogP contribution in [0.25, 0.3) is 11.0 Å². The number of rotatable bonds is 5. The van der Waals surface area contributed by atoms with Gasteiger partial charge in [0.2, 0.25) is 0 Å². The molecule has 5 nitrogen and oxygen atoms in total. The van der Waals surface area contributed by atoms with Crippen LogP contribution >= 0.6 is 0 Å². The second-order valence-electron chi connectivity index (χ2n) is 6.97. The molecule has 136 valence electrons. The zero-order valence-corrected chi connectivity index (χ0v) is 15.6. The minimum atomic E-state index is 0.559. The lowest BCUT2D eigenvalue weighted by Gasteiger charge is -2.29. The molecule has 1 fully saturated rings. The minimum Gasteiger partial charge on any atom is -0.459 e. The summed E-state index contributed by atoms with van der Waals surface area (Å²) in [4.78, 5) is 7.13. The zero-order chi connectivity index (χ0) is 17.6. The normalized spacial score (nSPS) is 17.2. The van der Waals surface area contributed by atoms with Crippen molar-refractivity contribution >= 4 is 16.9 Å². The van der Waals surface area contributed by atoms with Gasteiger partial charge in [-0.2, -0.15) is 0 Å². The third-order valence-electron chi connectivity index (χ3n) is 5.06. The average Bonchev–Trinajstić information content (AvgIpc) is 2.95. The molecule has 1 aliphatic heterocycles. The van der Waals surface area contributed by atoms with E-state index in [9.17, 15) is 0 Å². The number of guanidine groups is 1. The van der Waals surface area contributed by atoms with Gasteiger partial charge >= 0.3 is 0 Å². The maximum atomic E-state index is 5.97. The van der Waals surface area contributed by atoms with Crippen molar-refractivity contribution in [3.63, 3.8) is 0 Å². The molecule has 0 unspecified atom stereocenters. The van der Waals surface area contributed by atoms with Gasteiger partial charge in [-0.3, -0.25) is 0 Å². The van der Waals surface area contributed by atoms with Gasteiger partial charge in [-0.05, 0) is 58.8 Å². The maximum absolute atomic E-state index is 5.97. The van der Waals surface area contributed by atoms with Crippen LogP contribution in [0.1, 0.15) is 31.1 Å². The summed E-state index contributed by atoms with van der Waals surface area (Å²) in [5, 5.41) is 8.03. The Morgan fingerprint density at radius 2 is 2.00 bits per heavy atom. The van der Waals surface area contributed by atoms with E-state index in [2.05, 4.69) is 42.5 Å². The van der Waals surface area contributed by atoms with Gasteiger partial charge in [-0.15, -0.1) is 0 Å². The molecule has 2 aromatic rings. The number of aliphatic imine (C=N–C) groups is 1. The summed E-state index contributed by atoms with van der Waals surface area (Å²) in [5.41, 5.74) is 2.13. The largest absolute Gasteiger partial charge is 0.459 e. The van der Waals surface area contributed by atoms with Crippen LogP contribution in [0.3, 0.4) is 0 Å². The topological polar surface area (TPSA) is 52.8 Å². The van der Waals surface area contributed by atoms with Crippen LogP contribution in [0.5, 0.6) is 0 Å². The van der Waals surface area contributed by atoms with E-state index in [1.54, 1.807) is 0 Å². The van der Waals surface area contributed by atoms with Crippen LogP contribution < -0.4 is 10.6 Å². The van der Waals surface area contributed by atoms with E-state index in [1.807, 2.05) is 18.2 Å². The SMILES string of the molecule is CCNC(=NCc1oc2ccccc2c1C)NCC1CCN(C)CC1. The summed E-state index contributed by atoms with van der Waals surface area (Å²) in [7, 11) is 2.20. The Kier molecular flexibility index (Phi) is 5.97. The van der Waals surface area contributed by atoms with Gasteiger partial charge in [0.05, 0.1) is 0 Å². The fourth-order valence-electron chi connectivity index (χ4n) is 3.38. The van der Waals surface area contributed by atoms with Gasteiger partial charge in [-0.1, -0.05) is 18.2 Å². The summed E-state index contributed by atoms with van der Waals surface area (Å²) < 4.78 is 5.97. The van der Waals surface area contributed by atoms with Crippen LogP contribution in [0.2, 0.25) is 0 Å². The van der Waals surface area contributed by atoms with Gasteiger partial charge in [-0.25, -0.2) is 4.99 Å². The fourth-order valence-corrected chi connectivity index (χ4v) is 3.38. The first-order chi connectivity index (χ1) is 12.2. The highest BCUT2D eigenvalue weighted by Crippen LogP contribution is 2.25.